The molecule has 0 aliphatic rings. The molecule has 0 amide bonds. The van der Waals surface area contributed by atoms with Crippen molar-refractivity contribution in [1.82, 2.24) is 19.1 Å². The Morgan fingerprint density at radius 3 is 1.53 bits per heavy atom. The summed E-state index contributed by atoms with van der Waals surface area (Å²) in [5.74, 6) is 1.96. The van der Waals surface area contributed by atoms with E-state index in [0.29, 0.717) is 0 Å². The van der Waals surface area contributed by atoms with E-state index in [2.05, 4.69) is 61.0 Å². The predicted molar refractivity (Wildman–Crippen MR) is 163 cm³/mol. The second-order valence-electron chi connectivity index (χ2n) is 10.5. The fraction of sp³-hybridized carbons (Fsp3) is 0.800. The van der Waals surface area contributed by atoms with Crippen molar-refractivity contribution in [3.05, 3.63) is 21.6 Å². The predicted octanol–water partition coefficient (Wildman–Crippen LogP) is 11.1. The van der Waals surface area contributed by atoms with E-state index in [-0.39, 0.29) is 0 Å². The van der Waals surface area contributed by atoms with E-state index in [0.717, 1.165) is 33.9 Å². The lowest BCUT2D eigenvalue weighted by atomic mass is 10.1. The van der Waals surface area contributed by atoms with Gasteiger partial charge in [-0.15, -0.1) is 0 Å². The highest BCUT2D eigenvalue weighted by molar-refractivity contribution is 9.13. The van der Waals surface area contributed by atoms with E-state index < -0.39 is 0 Å². The molecule has 0 unspecified atom stereocenters. The van der Waals surface area contributed by atoms with Crippen molar-refractivity contribution in [2.75, 3.05) is 0 Å². The van der Waals surface area contributed by atoms with Crippen LogP contribution in [-0.4, -0.2) is 19.1 Å². The molecule has 206 valence electrons. The van der Waals surface area contributed by atoms with Crippen molar-refractivity contribution in [1.29, 1.82) is 0 Å². The maximum Gasteiger partial charge on any atom is 0.178 e. The second-order valence-corrected chi connectivity index (χ2v) is 12.0. The monoisotopic (exact) mass is 626 g/mol. The Labute approximate surface area is 238 Å². The maximum atomic E-state index is 4.83. The van der Waals surface area contributed by atoms with Crippen molar-refractivity contribution in [2.45, 2.75) is 155 Å². The SMILES string of the molecule is CCCCCCCCCCCCn1ccnc1-c1nc(Br)c(Br)n1CCCCCCCCCCCC. The molecule has 4 nitrogen and oxygen atoms in total. The molecule has 0 aliphatic carbocycles. The van der Waals surface area contributed by atoms with Crippen molar-refractivity contribution in [2.24, 2.45) is 0 Å². The van der Waals surface area contributed by atoms with E-state index in [1.807, 2.05) is 6.20 Å². The molecule has 0 radical (unpaired) electrons. The number of aromatic nitrogens is 4. The van der Waals surface area contributed by atoms with Crippen LogP contribution in [0.3, 0.4) is 0 Å². The van der Waals surface area contributed by atoms with Gasteiger partial charge in [-0.1, -0.05) is 129 Å². The summed E-state index contributed by atoms with van der Waals surface area (Å²) >= 11 is 7.40. The normalized spacial score (nSPS) is 11.6. The Kier molecular flexibility index (Phi) is 17.9. The molecule has 0 saturated carbocycles. The quantitative estimate of drug-likeness (QED) is 0.115. The van der Waals surface area contributed by atoms with Crippen LogP contribution in [-0.2, 0) is 13.1 Å². The van der Waals surface area contributed by atoms with Crippen LogP contribution in [0.2, 0.25) is 0 Å². The number of hydrogen-bond donors (Lipinski definition) is 0. The minimum Gasteiger partial charge on any atom is -0.328 e. The summed E-state index contributed by atoms with van der Waals surface area (Å²) in [7, 11) is 0. The molecular weight excluding hydrogens is 576 g/mol. The molecule has 2 aromatic heterocycles. The van der Waals surface area contributed by atoms with Gasteiger partial charge in [-0.3, -0.25) is 0 Å². The average Bonchev–Trinajstić information content (AvgIpc) is 3.45. The van der Waals surface area contributed by atoms with Gasteiger partial charge in [-0.05, 0) is 44.7 Å². The molecule has 2 rings (SSSR count). The molecule has 0 aliphatic heterocycles. The van der Waals surface area contributed by atoms with E-state index in [4.69, 9.17) is 9.97 Å². The van der Waals surface area contributed by atoms with Gasteiger partial charge in [-0.2, -0.15) is 0 Å². The fourth-order valence-corrected chi connectivity index (χ4v) is 5.82. The van der Waals surface area contributed by atoms with Crippen LogP contribution in [0.1, 0.15) is 142 Å². The largest absolute Gasteiger partial charge is 0.328 e. The minimum absolute atomic E-state index is 0.873. The van der Waals surface area contributed by atoms with Crippen LogP contribution in [0.25, 0.3) is 11.6 Å². The highest BCUT2D eigenvalue weighted by atomic mass is 79.9. The molecule has 2 heterocycles. The lowest BCUT2D eigenvalue weighted by Gasteiger charge is -2.11. The average molecular weight is 629 g/mol. The highest BCUT2D eigenvalue weighted by Gasteiger charge is 2.18. The topological polar surface area (TPSA) is 35.6 Å². The first-order valence-electron chi connectivity index (χ1n) is 15.1. The summed E-state index contributed by atoms with van der Waals surface area (Å²) in [5.41, 5.74) is 0. The third-order valence-corrected chi connectivity index (χ3v) is 9.16. The first-order valence-corrected chi connectivity index (χ1v) is 16.7. The van der Waals surface area contributed by atoms with Crippen molar-refractivity contribution >= 4 is 31.9 Å². The van der Waals surface area contributed by atoms with Crippen molar-refractivity contribution < 1.29 is 0 Å². The summed E-state index contributed by atoms with van der Waals surface area (Å²) in [6.45, 7) is 6.58. The van der Waals surface area contributed by atoms with Gasteiger partial charge in [0.2, 0.25) is 0 Å². The van der Waals surface area contributed by atoms with Crippen molar-refractivity contribution in [3.63, 3.8) is 0 Å². The molecule has 0 fully saturated rings. The highest BCUT2D eigenvalue weighted by Crippen LogP contribution is 2.30. The van der Waals surface area contributed by atoms with Gasteiger partial charge in [0.15, 0.2) is 11.6 Å². The van der Waals surface area contributed by atoms with Gasteiger partial charge in [0.25, 0.3) is 0 Å². The molecule has 2 aromatic rings. The van der Waals surface area contributed by atoms with Crippen LogP contribution in [0.4, 0.5) is 0 Å². The van der Waals surface area contributed by atoms with Crippen LogP contribution in [0.5, 0.6) is 0 Å². The Morgan fingerprint density at radius 1 is 0.583 bits per heavy atom. The summed E-state index contributed by atoms with van der Waals surface area (Å²) in [6.07, 6.45) is 31.2. The van der Waals surface area contributed by atoms with Gasteiger partial charge in [-0.25, -0.2) is 9.97 Å². The number of nitrogens with zero attached hydrogens (tertiary/aromatic N) is 4. The summed E-state index contributed by atoms with van der Waals surface area (Å²) < 4.78 is 6.49. The Bertz CT molecular complexity index is 799. The van der Waals surface area contributed by atoms with Gasteiger partial charge < -0.3 is 9.13 Å². The Hall–Kier alpha value is -0.620. The lowest BCUT2D eigenvalue weighted by Crippen LogP contribution is -2.07. The third-order valence-electron chi connectivity index (χ3n) is 7.27. The molecule has 0 aromatic carbocycles. The first-order chi connectivity index (χ1) is 17.7. The van der Waals surface area contributed by atoms with E-state index >= 15 is 0 Å². The minimum atomic E-state index is 0.873. The zero-order valence-electron chi connectivity index (χ0n) is 23.3. The number of hydrogen-bond acceptors (Lipinski definition) is 2. The van der Waals surface area contributed by atoms with Gasteiger partial charge in [0.05, 0.1) is 0 Å². The standard InChI is InChI=1S/C30H52Br2N4/c1-3-5-7-9-11-13-15-17-19-21-24-35-26-23-33-29(35)30-34-27(31)28(32)36(30)25-22-20-18-16-14-12-10-8-6-4-2/h23,26H,3-22,24-25H2,1-2H3. The number of aryl methyl sites for hydroxylation is 1. The second kappa shape index (κ2) is 20.4. The molecule has 6 heteroatoms. The zero-order valence-corrected chi connectivity index (χ0v) is 26.4. The maximum absolute atomic E-state index is 4.83. The molecule has 0 bridgehead atoms. The Morgan fingerprint density at radius 2 is 1.03 bits per heavy atom. The van der Waals surface area contributed by atoms with Gasteiger partial charge >= 0.3 is 0 Å². The summed E-state index contributed by atoms with van der Waals surface area (Å²) in [4.78, 5) is 9.53. The van der Waals surface area contributed by atoms with Gasteiger partial charge in [0.1, 0.15) is 9.21 Å². The van der Waals surface area contributed by atoms with E-state index in [1.54, 1.807) is 0 Å². The number of rotatable bonds is 23. The zero-order chi connectivity index (χ0) is 25.8. The number of unbranched alkanes of at least 4 members (excludes halogenated alkanes) is 18. The van der Waals surface area contributed by atoms with Gasteiger partial charge in [0, 0.05) is 25.5 Å². The van der Waals surface area contributed by atoms with E-state index in [1.165, 1.54) is 128 Å². The molecule has 0 N–H and O–H groups in total. The summed E-state index contributed by atoms with van der Waals surface area (Å²) in [6, 6.07) is 0. The number of halogens is 2. The lowest BCUT2D eigenvalue weighted by molar-refractivity contribution is 0.528. The number of imidazole rings is 2. The Balaban J connectivity index is 1.71. The fourth-order valence-electron chi connectivity index (χ4n) is 5.00. The van der Waals surface area contributed by atoms with Crippen LogP contribution in [0.15, 0.2) is 21.6 Å². The molecular formula is C30H52Br2N4. The van der Waals surface area contributed by atoms with Crippen LogP contribution < -0.4 is 0 Å². The smallest absolute Gasteiger partial charge is 0.178 e. The van der Waals surface area contributed by atoms with E-state index in [9.17, 15) is 0 Å². The third kappa shape index (κ3) is 12.3. The molecule has 0 atom stereocenters. The first kappa shape index (κ1) is 31.6. The van der Waals surface area contributed by atoms with Crippen LogP contribution >= 0.6 is 31.9 Å². The molecule has 0 saturated heterocycles. The van der Waals surface area contributed by atoms with Crippen LogP contribution in [0, 0.1) is 0 Å². The van der Waals surface area contributed by atoms with Crippen molar-refractivity contribution in [3.8, 4) is 11.6 Å². The molecule has 36 heavy (non-hydrogen) atoms. The molecule has 0 spiro atoms. The summed E-state index contributed by atoms with van der Waals surface area (Å²) in [5, 5.41) is 0.